The zero-order chi connectivity index (χ0) is 42.6. The van der Waals surface area contributed by atoms with Crippen LogP contribution < -0.4 is 4.74 Å². The summed E-state index contributed by atoms with van der Waals surface area (Å²) in [6.07, 6.45) is 1.72. The lowest BCUT2D eigenvalue weighted by Crippen LogP contribution is -2.08. The number of aromatic hydroxyl groups is 2. The summed E-state index contributed by atoms with van der Waals surface area (Å²) in [5.41, 5.74) is 0.942. The van der Waals surface area contributed by atoms with Gasteiger partial charge in [0.25, 0.3) is 25.4 Å². The maximum Gasteiger partial charge on any atom is 0.335 e. The minimum absolute atomic E-state index is 0.00250. The number of aryl methyl sites for hydroxylation is 2. The molecule has 0 radical (unpaired) electrons. The number of thioether (sulfide) groups is 1. The van der Waals surface area contributed by atoms with Crippen molar-refractivity contribution in [2.24, 2.45) is 30.7 Å². The molecule has 2 aromatic heterocycles. The fourth-order valence-electron chi connectivity index (χ4n) is 5.26. The average molecular weight is 883 g/mol. The van der Waals surface area contributed by atoms with Crippen LogP contribution in [0.15, 0.2) is 101 Å². The summed E-state index contributed by atoms with van der Waals surface area (Å²) in [4.78, 5) is 10.4. The Morgan fingerprint density at radius 1 is 0.864 bits per heavy atom. The van der Waals surface area contributed by atoms with E-state index in [1.54, 1.807) is 13.8 Å². The molecule has 2 heterocycles. The van der Waals surface area contributed by atoms with E-state index in [1.807, 2.05) is 6.26 Å². The molecule has 0 aliphatic carbocycles. The molecule has 0 spiro atoms. The number of benzene rings is 4. The van der Waals surface area contributed by atoms with Crippen molar-refractivity contribution >= 4 is 93.6 Å². The number of fused-ring (bicyclic) bond motifs is 1. The second kappa shape index (κ2) is 17.3. The number of azo groups is 3. The SMILES string of the molecule is CSc1nnc(N=Nc2cc(OCCCS(=O)(=O)O)c(N=Nc3c(S(=O)(=O)O)cc4cc(N=Nc5c(C)nn(-c6ccc(C(=O)O)cc6)c5O)ccc4c3O)cc2C)s1. The first-order valence-electron chi connectivity index (χ1n) is 16.7. The normalized spacial score (nSPS) is 12.4. The van der Waals surface area contributed by atoms with Crippen LogP contribution in [0.3, 0.4) is 0 Å². The van der Waals surface area contributed by atoms with E-state index in [9.17, 15) is 36.4 Å². The molecule has 0 saturated heterocycles. The van der Waals surface area contributed by atoms with Gasteiger partial charge in [-0.2, -0.15) is 31.7 Å². The third-order valence-electron chi connectivity index (χ3n) is 8.10. The summed E-state index contributed by atoms with van der Waals surface area (Å²) in [5, 5.41) is 68.6. The van der Waals surface area contributed by atoms with Crippen LogP contribution in [0, 0.1) is 13.8 Å². The number of rotatable bonds is 15. The molecule has 0 amide bonds. The van der Waals surface area contributed by atoms with Gasteiger partial charge in [-0.1, -0.05) is 23.1 Å². The highest BCUT2D eigenvalue weighted by Gasteiger charge is 2.23. The van der Waals surface area contributed by atoms with Crippen molar-refractivity contribution in [1.29, 1.82) is 0 Å². The molecular formula is C34H30N10O11S4. The topological polar surface area (TPSA) is 313 Å². The summed E-state index contributed by atoms with van der Waals surface area (Å²) < 4.78 is 74.7. The minimum Gasteiger partial charge on any atom is -0.505 e. The number of carboxylic acids is 1. The Morgan fingerprint density at radius 2 is 1.58 bits per heavy atom. The van der Waals surface area contributed by atoms with Crippen LogP contribution in [0.5, 0.6) is 17.4 Å². The number of phenolic OH excluding ortho intramolecular Hbond substituents is 1. The van der Waals surface area contributed by atoms with E-state index in [0.29, 0.717) is 21.3 Å². The molecule has 5 N–H and O–H groups in total. The van der Waals surface area contributed by atoms with E-state index in [1.165, 1.54) is 77.7 Å². The third-order valence-corrected chi connectivity index (χ3v) is 11.5. The number of phenols is 1. The Balaban J connectivity index is 1.33. The Hall–Kier alpha value is -6.25. The third kappa shape index (κ3) is 10.1. The molecule has 6 aromatic rings. The van der Waals surface area contributed by atoms with Gasteiger partial charge in [0.2, 0.25) is 5.88 Å². The number of aromatic carboxylic acids is 1. The number of carboxylic acid groups (broad SMARTS) is 1. The van der Waals surface area contributed by atoms with Gasteiger partial charge in [-0.15, -0.1) is 35.8 Å². The molecule has 0 atom stereocenters. The molecule has 21 nitrogen and oxygen atoms in total. The number of aromatic nitrogens is 4. The predicted molar refractivity (Wildman–Crippen MR) is 214 cm³/mol. The monoisotopic (exact) mass is 882 g/mol. The van der Waals surface area contributed by atoms with Gasteiger partial charge < -0.3 is 20.1 Å². The largest absolute Gasteiger partial charge is 0.505 e. The molecule has 6 rings (SSSR count). The highest BCUT2D eigenvalue weighted by atomic mass is 32.2. The van der Waals surface area contributed by atoms with E-state index in [4.69, 9.17) is 14.4 Å². The van der Waals surface area contributed by atoms with Gasteiger partial charge in [0, 0.05) is 11.5 Å². The molecule has 0 aliphatic rings. The van der Waals surface area contributed by atoms with Crippen molar-refractivity contribution in [3.05, 3.63) is 77.5 Å². The Bertz CT molecular complexity index is 2910. The number of carbonyl (C=O) groups is 1. The van der Waals surface area contributed by atoms with Gasteiger partial charge >= 0.3 is 5.97 Å². The lowest BCUT2D eigenvalue weighted by Gasteiger charge is -2.12. The average Bonchev–Trinajstić information content (AvgIpc) is 3.76. The second-order valence-electron chi connectivity index (χ2n) is 12.2. The molecule has 0 saturated carbocycles. The van der Waals surface area contributed by atoms with E-state index in [-0.39, 0.29) is 63.0 Å². The van der Waals surface area contributed by atoms with Crippen molar-refractivity contribution in [2.45, 2.75) is 29.5 Å². The lowest BCUT2D eigenvalue weighted by atomic mass is 10.1. The minimum atomic E-state index is -5.05. The van der Waals surface area contributed by atoms with Crippen LogP contribution >= 0.6 is 23.1 Å². The molecule has 0 aliphatic heterocycles. The van der Waals surface area contributed by atoms with Crippen LogP contribution in [-0.4, -0.2) is 85.8 Å². The summed E-state index contributed by atoms with van der Waals surface area (Å²) in [6.45, 7) is 3.01. The summed E-state index contributed by atoms with van der Waals surface area (Å²) in [7, 11) is -9.33. The van der Waals surface area contributed by atoms with Gasteiger partial charge in [0.15, 0.2) is 15.8 Å². The summed E-state index contributed by atoms with van der Waals surface area (Å²) >= 11 is 2.59. The Morgan fingerprint density at radius 3 is 2.24 bits per heavy atom. The highest BCUT2D eigenvalue weighted by molar-refractivity contribution is 8.00. The van der Waals surface area contributed by atoms with E-state index >= 15 is 0 Å². The summed E-state index contributed by atoms with van der Waals surface area (Å²) in [6, 6.07) is 13.7. The van der Waals surface area contributed by atoms with Crippen LogP contribution in [0.25, 0.3) is 16.5 Å². The van der Waals surface area contributed by atoms with Crippen molar-refractivity contribution in [3.8, 4) is 23.1 Å². The quantitative estimate of drug-likeness (QED) is 0.0279. The maximum absolute atomic E-state index is 12.6. The fraction of sp³-hybridized carbons (Fsp3) is 0.176. The Kier molecular flexibility index (Phi) is 12.4. The molecule has 4 aromatic carbocycles. The van der Waals surface area contributed by atoms with Crippen LogP contribution in [0.2, 0.25) is 0 Å². The van der Waals surface area contributed by atoms with Crippen LogP contribution in [-0.2, 0) is 20.2 Å². The zero-order valence-corrected chi connectivity index (χ0v) is 34.0. The van der Waals surface area contributed by atoms with Gasteiger partial charge in [0.1, 0.15) is 22.0 Å². The first-order valence-corrected chi connectivity index (χ1v) is 21.8. The number of ether oxygens (including phenoxy) is 1. The first kappa shape index (κ1) is 42.4. The highest BCUT2D eigenvalue weighted by Crippen LogP contribution is 2.44. The fourth-order valence-corrected chi connectivity index (χ4v) is 7.49. The van der Waals surface area contributed by atoms with Gasteiger partial charge in [-0.25, -0.2) is 4.79 Å². The molecule has 0 bridgehead atoms. The molecule has 59 heavy (non-hydrogen) atoms. The smallest absolute Gasteiger partial charge is 0.335 e. The number of hydrogen-bond donors (Lipinski definition) is 5. The van der Waals surface area contributed by atoms with Crippen molar-refractivity contribution in [3.63, 3.8) is 0 Å². The van der Waals surface area contributed by atoms with E-state index in [2.05, 4.69) is 46.0 Å². The lowest BCUT2D eigenvalue weighted by molar-refractivity contribution is 0.0696. The van der Waals surface area contributed by atoms with Crippen molar-refractivity contribution in [1.82, 2.24) is 20.0 Å². The predicted octanol–water partition coefficient (Wildman–Crippen LogP) is 8.47. The molecule has 25 heteroatoms. The Labute approximate surface area is 342 Å². The standard InChI is InChI=1S/C34H30N10O11S4/c1-17-13-25(26(55-11-4-12-58(49,50)51)16-24(17)36-40-33-41-42-34(56-3)57-33)37-39-29-27(59(52,53)54)15-20-14-21(7-10-23(20)30(29)45)35-38-28-18(2)43-44(31(28)46)22-8-5-19(6-9-22)32(47)48/h5-10,13-16,45-46H,4,11-12H2,1-3H3,(H,47,48)(H,49,50,51)(H,52,53,54). The zero-order valence-electron chi connectivity index (χ0n) is 30.7. The van der Waals surface area contributed by atoms with Gasteiger partial charge in [0.05, 0.1) is 40.7 Å². The molecular weight excluding hydrogens is 853 g/mol. The van der Waals surface area contributed by atoms with E-state index in [0.717, 1.165) is 10.7 Å². The van der Waals surface area contributed by atoms with Crippen molar-refractivity contribution in [2.75, 3.05) is 18.6 Å². The molecule has 0 unspecified atom stereocenters. The number of hydrogen-bond acceptors (Lipinski definition) is 19. The first-order chi connectivity index (χ1) is 27.9. The second-order valence-corrected chi connectivity index (χ2v) is 17.2. The van der Waals surface area contributed by atoms with Crippen LogP contribution in [0.1, 0.15) is 28.0 Å². The van der Waals surface area contributed by atoms with Crippen molar-refractivity contribution < 1.29 is 50.8 Å². The molecule has 0 fully saturated rings. The maximum atomic E-state index is 12.6. The van der Waals surface area contributed by atoms with Gasteiger partial charge in [-0.3, -0.25) is 9.11 Å². The summed E-state index contributed by atoms with van der Waals surface area (Å²) in [5.74, 6) is -2.79. The van der Waals surface area contributed by atoms with E-state index < -0.39 is 54.2 Å². The van der Waals surface area contributed by atoms with Crippen LogP contribution in [0.4, 0.5) is 33.6 Å². The molecule has 306 valence electrons. The number of nitrogens with zero attached hydrogens (tertiary/aromatic N) is 10. The van der Waals surface area contributed by atoms with Gasteiger partial charge in [-0.05, 0) is 92.1 Å².